The first-order valence-corrected chi connectivity index (χ1v) is 5.83. The van der Waals surface area contributed by atoms with Crippen molar-refractivity contribution in [3.05, 3.63) is 48.0 Å². The van der Waals surface area contributed by atoms with Gasteiger partial charge in [-0.2, -0.15) is 0 Å². The van der Waals surface area contributed by atoms with Crippen LogP contribution in [0.4, 0.5) is 0 Å². The second-order valence-electron chi connectivity index (χ2n) is 4.21. The maximum Gasteiger partial charge on any atom is 0.317 e. The minimum absolute atomic E-state index is 0.213. The zero-order valence-corrected chi connectivity index (χ0v) is 11.0. The van der Waals surface area contributed by atoms with E-state index < -0.39 is 17.7 Å². The monoisotopic (exact) mass is 260 g/mol. The van der Waals surface area contributed by atoms with Crippen LogP contribution in [-0.2, 0) is 14.3 Å². The number of benzene rings is 1. The van der Waals surface area contributed by atoms with Gasteiger partial charge in [-0.25, -0.2) is 0 Å². The van der Waals surface area contributed by atoms with E-state index in [-0.39, 0.29) is 12.2 Å². The van der Waals surface area contributed by atoms with E-state index in [9.17, 15) is 14.4 Å². The fraction of sp³-hybridized carbons (Fsp3) is 0.267. The van der Waals surface area contributed by atoms with Gasteiger partial charge >= 0.3 is 5.97 Å². The average molecular weight is 260 g/mol. The van der Waals surface area contributed by atoms with Gasteiger partial charge in [-0.3, -0.25) is 14.4 Å². The first-order chi connectivity index (χ1) is 8.97. The van der Waals surface area contributed by atoms with Gasteiger partial charge in [0.2, 0.25) is 0 Å². The van der Waals surface area contributed by atoms with Gasteiger partial charge in [0.15, 0.2) is 11.6 Å². The molecule has 4 nitrogen and oxygen atoms in total. The summed E-state index contributed by atoms with van der Waals surface area (Å²) < 4.78 is 4.59. The predicted molar refractivity (Wildman–Crippen MR) is 70.7 cm³/mol. The molecule has 0 saturated heterocycles. The molecule has 0 heterocycles. The molecule has 0 fully saturated rings. The van der Waals surface area contributed by atoms with Gasteiger partial charge in [0.1, 0.15) is 5.92 Å². The van der Waals surface area contributed by atoms with Crippen molar-refractivity contribution < 1.29 is 19.1 Å². The van der Waals surface area contributed by atoms with Crippen molar-refractivity contribution in [2.75, 3.05) is 7.11 Å². The number of hydrogen-bond donors (Lipinski definition) is 0. The number of hydrogen-bond acceptors (Lipinski definition) is 4. The lowest BCUT2D eigenvalue weighted by Gasteiger charge is -2.13. The molecule has 0 aliphatic heterocycles. The topological polar surface area (TPSA) is 60.4 Å². The van der Waals surface area contributed by atoms with Crippen LogP contribution in [0.3, 0.4) is 0 Å². The molecule has 0 aliphatic rings. The third-order valence-corrected chi connectivity index (χ3v) is 2.73. The second kappa shape index (κ2) is 6.64. The zero-order valence-electron chi connectivity index (χ0n) is 11.0. The van der Waals surface area contributed by atoms with Crippen LogP contribution in [0.25, 0.3) is 0 Å². The van der Waals surface area contributed by atoms with Gasteiger partial charge in [0, 0.05) is 12.0 Å². The number of Topliss-reactive ketones (excluding diaryl/α,β-unsaturated/α-hetero) is 2. The number of carbonyl (C=O) groups is 3. The second-order valence-corrected chi connectivity index (χ2v) is 4.21. The van der Waals surface area contributed by atoms with Gasteiger partial charge in [0.05, 0.1) is 7.11 Å². The van der Waals surface area contributed by atoms with E-state index in [0.717, 1.165) is 0 Å². The summed E-state index contributed by atoms with van der Waals surface area (Å²) in [5.41, 5.74) is 0.696. The van der Waals surface area contributed by atoms with Crippen molar-refractivity contribution in [2.45, 2.75) is 13.3 Å². The van der Waals surface area contributed by atoms with Crippen molar-refractivity contribution in [1.29, 1.82) is 0 Å². The molecule has 0 bridgehead atoms. The fourth-order valence-electron chi connectivity index (χ4n) is 1.59. The van der Waals surface area contributed by atoms with Crippen molar-refractivity contribution in [3.63, 3.8) is 0 Å². The Morgan fingerprint density at radius 3 is 2.26 bits per heavy atom. The van der Waals surface area contributed by atoms with Crippen LogP contribution < -0.4 is 0 Å². The lowest BCUT2D eigenvalue weighted by molar-refractivity contribution is -0.145. The van der Waals surface area contributed by atoms with E-state index in [2.05, 4.69) is 11.3 Å². The summed E-state index contributed by atoms with van der Waals surface area (Å²) in [6.07, 6.45) is -0.213. The predicted octanol–water partition coefficient (Wildman–Crippen LogP) is 2.19. The molecule has 1 aromatic carbocycles. The van der Waals surface area contributed by atoms with Crippen LogP contribution in [0.1, 0.15) is 23.7 Å². The molecular formula is C15H16O4. The van der Waals surface area contributed by atoms with Crippen LogP contribution in [0, 0.1) is 5.92 Å². The summed E-state index contributed by atoms with van der Waals surface area (Å²) in [6.45, 7) is 5.06. The normalized spacial score (nSPS) is 11.5. The number of ether oxygens (including phenoxy) is 1. The van der Waals surface area contributed by atoms with Crippen molar-refractivity contribution in [2.24, 2.45) is 5.92 Å². The van der Waals surface area contributed by atoms with Crippen LogP contribution >= 0.6 is 0 Å². The standard InChI is InChI=1S/C15H16O4/c1-10(2)13(16)9-12(15(18)19-3)14(17)11-7-5-4-6-8-11/h4-8,12H,1,9H2,2-3H3. The quantitative estimate of drug-likeness (QED) is 0.340. The Bertz CT molecular complexity index is 502. The van der Waals surface area contributed by atoms with E-state index in [1.54, 1.807) is 37.3 Å². The highest BCUT2D eigenvalue weighted by atomic mass is 16.5. The Kier molecular flexibility index (Phi) is 5.18. The maximum atomic E-state index is 12.2. The Morgan fingerprint density at radius 1 is 1.21 bits per heavy atom. The molecule has 0 saturated carbocycles. The Morgan fingerprint density at radius 2 is 1.79 bits per heavy atom. The highest BCUT2D eigenvalue weighted by Crippen LogP contribution is 2.16. The first-order valence-electron chi connectivity index (χ1n) is 5.83. The number of methoxy groups -OCH3 is 1. The average Bonchev–Trinajstić information content (AvgIpc) is 2.43. The van der Waals surface area contributed by atoms with Gasteiger partial charge < -0.3 is 4.74 Å². The first kappa shape index (κ1) is 14.8. The summed E-state index contributed by atoms with van der Waals surface area (Å²) in [6, 6.07) is 8.36. The van der Waals surface area contributed by atoms with Crippen LogP contribution in [0.2, 0.25) is 0 Å². The van der Waals surface area contributed by atoms with E-state index in [1.807, 2.05) is 0 Å². The number of allylic oxidation sites excluding steroid dienone is 1. The molecule has 100 valence electrons. The highest BCUT2D eigenvalue weighted by molar-refractivity contribution is 6.12. The molecule has 1 rings (SSSR count). The summed E-state index contributed by atoms with van der Waals surface area (Å²) in [7, 11) is 1.19. The number of ketones is 2. The minimum atomic E-state index is -1.11. The molecule has 0 N–H and O–H groups in total. The third-order valence-electron chi connectivity index (χ3n) is 2.73. The third kappa shape index (κ3) is 3.88. The lowest BCUT2D eigenvalue weighted by Crippen LogP contribution is -2.28. The van der Waals surface area contributed by atoms with Crippen molar-refractivity contribution in [3.8, 4) is 0 Å². The molecule has 0 aliphatic carbocycles. The van der Waals surface area contributed by atoms with Crippen LogP contribution in [0.15, 0.2) is 42.5 Å². The Balaban J connectivity index is 2.98. The number of esters is 1. The lowest BCUT2D eigenvalue weighted by atomic mass is 9.91. The summed E-state index contributed by atoms with van der Waals surface area (Å²) in [5, 5.41) is 0. The van der Waals surface area contributed by atoms with Gasteiger partial charge in [-0.1, -0.05) is 36.9 Å². The molecule has 0 spiro atoms. The molecule has 1 aromatic rings. The largest absolute Gasteiger partial charge is 0.468 e. The summed E-state index contributed by atoms with van der Waals surface area (Å²) in [5.74, 6) is -2.55. The smallest absolute Gasteiger partial charge is 0.317 e. The Hall–Kier alpha value is -2.23. The van der Waals surface area contributed by atoms with E-state index in [1.165, 1.54) is 7.11 Å². The SMILES string of the molecule is C=C(C)C(=O)CC(C(=O)OC)C(=O)c1ccccc1. The van der Waals surface area contributed by atoms with Gasteiger partial charge in [-0.05, 0) is 12.5 Å². The van der Waals surface area contributed by atoms with Crippen molar-refractivity contribution in [1.82, 2.24) is 0 Å². The van der Waals surface area contributed by atoms with Crippen LogP contribution in [0.5, 0.6) is 0 Å². The van der Waals surface area contributed by atoms with Gasteiger partial charge in [-0.15, -0.1) is 0 Å². The highest BCUT2D eigenvalue weighted by Gasteiger charge is 2.30. The van der Waals surface area contributed by atoms with Crippen molar-refractivity contribution >= 4 is 17.5 Å². The van der Waals surface area contributed by atoms with E-state index in [4.69, 9.17) is 0 Å². The Labute approximate surface area is 112 Å². The fourth-order valence-corrected chi connectivity index (χ4v) is 1.59. The zero-order chi connectivity index (χ0) is 14.4. The molecule has 0 amide bonds. The molecule has 1 unspecified atom stereocenters. The summed E-state index contributed by atoms with van der Waals surface area (Å²) in [4.78, 5) is 35.5. The molecule has 0 radical (unpaired) electrons. The number of rotatable bonds is 6. The number of carbonyl (C=O) groups excluding carboxylic acids is 3. The summed E-state index contributed by atoms with van der Waals surface area (Å²) >= 11 is 0. The molecular weight excluding hydrogens is 244 g/mol. The molecule has 4 heteroatoms. The van der Waals surface area contributed by atoms with E-state index >= 15 is 0 Å². The van der Waals surface area contributed by atoms with Crippen LogP contribution in [-0.4, -0.2) is 24.6 Å². The molecule has 0 aromatic heterocycles. The molecule has 1 atom stereocenters. The van der Waals surface area contributed by atoms with Gasteiger partial charge in [0.25, 0.3) is 0 Å². The maximum absolute atomic E-state index is 12.2. The minimum Gasteiger partial charge on any atom is -0.468 e. The van der Waals surface area contributed by atoms with E-state index in [0.29, 0.717) is 11.1 Å². The molecule has 19 heavy (non-hydrogen) atoms.